The van der Waals surface area contributed by atoms with E-state index in [9.17, 15) is 5.11 Å². The third-order valence-corrected chi connectivity index (χ3v) is 9.46. The van der Waals surface area contributed by atoms with Crippen molar-refractivity contribution in [3.8, 4) is 45.4 Å². The normalized spacial score (nSPS) is 13.1. The first-order chi connectivity index (χ1) is 22.0. The molecule has 45 heavy (non-hydrogen) atoms. The molecule has 1 aromatic heterocycles. The number of nitrogens with zero attached hydrogens (tertiary/aromatic N) is 2. The Morgan fingerprint density at radius 2 is 1.24 bits per heavy atom. The summed E-state index contributed by atoms with van der Waals surface area (Å²) in [6, 6.07) is 29.0. The van der Waals surface area contributed by atoms with E-state index in [2.05, 4.69) is 75.4 Å². The SMILES string of the molecule is CCCCCCCCCCCCOc1cc(-c2cc3c(c4ccccc24)-c2ccccc2C3(C)C)nc(-c2ccccc2O)n1. The van der Waals surface area contributed by atoms with E-state index >= 15 is 0 Å². The number of phenols is 1. The molecular weight excluding hydrogens is 552 g/mol. The molecular formula is C41H46N2O2. The zero-order chi connectivity index (χ0) is 31.2. The predicted molar refractivity (Wildman–Crippen MR) is 187 cm³/mol. The lowest BCUT2D eigenvalue weighted by atomic mass is 9.81. The maximum absolute atomic E-state index is 10.7. The van der Waals surface area contributed by atoms with Gasteiger partial charge in [-0.15, -0.1) is 0 Å². The molecule has 0 atom stereocenters. The molecule has 232 valence electrons. The van der Waals surface area contributed by atoms with Gasteiger partial charge in [0.2, 0.25) is 5.88 Å². The van der Waals surface area contributed by atoms with E-state index in [0.717, 1.165) is 29.5 Å². The van der Waals surface area contributed by atoms with Crippen molar-refractivity contribution in [2.45, 2.75) is 90.4 Å². The van der Waals surface area contributed by atoms with Gasteiger partial charge in [0.15, 0.2) is 5.82 Å². The van der Waals surface area contributed by atoms with Crippen molar-refractivity contribution in [1.29, 1.82) is 0 Å². The maximum Gasteiger partial charge on any atom is 0.217 e. The van der Waals surface area contributed by atoms with Gasteiger partial charge in [0.25, 0.3) is 0 Å². The Balaban J connectivity index is 1.30. The van der Waals surface area contributed by atoms with E-state index in [1.165, 1.54) is 79.0 Å². The zero-order valence-corrected chi connectivity index (χ0v) is 27.1. The van der Waals surface area contributed by atoms with Crippen LogP contribution in [-0.4, -0.2) is 21.7 Å². The average molecular weight is 599 g/mol. The number of ether oxygens (including phenoxy) is 1. The first kappa shape index (κ1) is 30.8. The molecule has 1 aliphatic carbocycles. The van der Waals surface area contributed by atoms with Gasteiger partial charge in [0.05, 0.1) is 17.9 Å². The second-order valence-electron chi connectivity index (χ2n) is 13.0. The van der Waals surface area contributed by atoms with Crippen molar-refractivity contribution < 1.29 is 9.84 Å². The summed E-state index contributed by atoms with van der Waals surface area (Å²) in [6.07, 6.45) is 12.8. The molecule has 0 bridgehead atoms. The van der Waals surface area contributed by atoms with Crippen LogP contribution in [0.3, 0.4) is 0 Å². The minimum absolute atomic E-state index is 0.146. The molecule has 0 fully saturated rings. The van der Waals surface area contributed by atoms with Crippen LogP contribution in [0.5, 0.6) is 11.6 Å². The van der Waals surface area contributed by atoms with Crippen LogP contribution in [0.1, 0.15) is 96.1 Å². The Bertz CT molecular complexity index is 1770. The van der Waals surface area contributed by atoms with Gasteiger partial charge in [-0.1, -0.05) is 139 Å². The van der Waals surface area contributed by atoms with Crippen LogP contribution < -0.4 is 4.74 Å². The summed E-state index contributed by atoms with van der Waals surface area (Å²) in [5.74, 6) is 1.17. The van der Waals surface area contributed by atoms with Gasteiger partial charge in [-0.2, -0.15) is 4.98 Å². The number of aromatic hydroxyl groups is 1. The molecule has 0 spiro atoms. The number of hydrogen-bond acceptors (Lipinski definition) is 4. The second-order valence-corrected chi connectivity index (χ2v) is 13.0. The van der Waals surface area contributed by atoms with Crippen LogP contribution in [0.15, 0.2) is 84.9 Å². The highest BCUT2D eigenvalue weighted by atomic mass is 16.5. The second kappa shape index (κ2) is 13.9. The van der Waals surface area contributed by atoms with Gasteiger partial charge < -0.3 is 9.84 Å². The van der Waals surface area contributed by atoms with Crippen molar-refractivity contribution in [2.24, 2.45) is 0 Å². The topological polar surface area (TPSA) is 55.2 Å². The maximum atomic E-state index is 10.7. The Kier molecular flexibility index (Phi) is 9.49. The minimum Gasteiger partial charge on any atom is -0.507 e. The van der Waals surface area contributed by atoms with Gasteiger partial charge >= 0.3 is 0 Å². The summed E-state index contributed by atoms with van der Waals surface area (Å²) >= 11 is 0. The zero-order valence-electron chi connectivity index (χ0n) is 27.1. The van der Waals surface area contributed by atoms with Gasteiger partial charge in [0, 0.05) is 17.0 Å². The fourth-order valence-electron chi connectivity index (χ4n) is 6.95. The Labute approximate surface area is 268 Å². The smallest absolute Gasteiger partial charge is 0.217 e. The molecule has 1 heterocycles. The largest absolute Gasteiger partial charge is 0.507 e. The lowest BCUT2D eigenvalue weighted by molar-refractivity contribution is 0.293. The third kappa shape index (κ3) is 6.47. The number of hydrogen-bond donors (Lipinski definition) is 1. The van der Waals surface area contributed by atoms with Crippen molar-refractivity contribution in [2.75, 3.05) is 6.61 Å². The van der Waals surface area contributed by atoms with Crippen LogP contribution in [0.4, 0.5) is 0 Å². The molecule has 6 rings (SSSR count). The van der Waals surface area contributed by atoms with Crippen LogP contribution in [0.25, 0.3) is 44.5 Å². The average Bonchev–Trinajstić information content (AvgIpc) is 3.29. The molecule has 0 saturated heterocycles. The molecule has 1 N–H and O–H groups in total. The molecule has 0 radical (unpaired) electrons. The van der Waals surface area contributed by atoms with E-state index < -0.39 is 0 Å². The monoisotopic (exact) mass is 598 g/mol. The highest BCUT2D eigenvalue weighted by Gasteiger charge is 2.37. The van der Waals surface area contributed by atoms with Crippen LogP contribution >= 0.6 is 0 Å². The lowest BCUT2D eigenvalue weighted by Crippen LogP contribution is -2.15. The van der Waals surface area contributed by atoms with Crippen LogP contribution in [0, 0.1) is 0 Å². The molecule has 4 heteroatoms. The number of unbranched alkanes of at least 4 members (excludes halogenated alkanes) is 9. The van der Waals surface area contributed by atoms with E-state index in [-0.39, 0.29) is 11.2 Å². The van der Waals surface area contributed by atoms with Crippen molar-refractivity contribution in [3.05, 3.63) is 96.1 Å². The van der Waals surface area contributed by atoms with E-state index in [1.54, 1.807) is 6.07 Å². The van der Waals surface area contributed by atoms with Gasteiger partial charge in [-0.3, -0.25) is 0 Å². The molecule has 0 aliphatic heterocycles. The van der Waals surface area contributed by atoms with Gasteiger partial charge in [-0.25, -0.2) is 4.98 Å². The number of rotatable bonds is 14. The standard InChI is InChI=1S/C41H46N2O2/c1-4-5-6-7-8-9-10-11-12-19-26-45-38-28-36(42-40(43-38)32-23-16-18-25-37(32)44)33-27-35-39(30-21-14-13-20-29(30)33)31-22-15-17-24-34(31)41(35,2)3/h13-18,20-25,27-28,44H,4-12,19,26H2,1-3H3. The molecule has 1 aliphatic rings. The summed E-state index contributed by atoms with van der Waals surface area (Å²) < 4.78 is 6.31. The Morgan fingerprint density at radius 1 is 0.622 bits per heavy atom. The first-order valence-corrected chi connectivity index (χ1v) is 17.0. The van der Waals surface area contributed by atoms with Crippen LogP contribution in [0.2, 0.25) is 0 Å². The van der Waals surface area contributed by atoms with E-state index in [4.69, 9.17) is 14.7 Å². The molecule has 4 aromatic carbocycles. The predicted octanol–water partition coefficient (Wildman–Crippen LogP) is 11.3. The van der Waals surface area contributed by atoms with E-state index in [1.807, 2.05) is 24.3 Å². The van der Waals surface area contributed by atoms with Crippen molar-refractivity contribution in [1.82, 2.24) is 9.97 Å². The molecule has 0 saturated carbocycles. The number of para-hydroxylation sites is 1. The van der Waals surface area contributed by atoms with Gasteiger partial charge in [-0.05, 0) is 57.6 Å². The summed E-state index contributed by atoms with van der Waals surface area (Å²) in [5, 5.41) is 13.1. The number of phenolic OH excluding ortho intramolecular Hbond substituents is 1. The number of benzene rings is 4. The molecule has 0 amide bonds. The molecule has 0 unspecified atom stereocenters. The summed E-state index contributed by atoms with van der Waals surface area (Å²) in [7, 11) is 0. The summed E-state index contributed by atoms with van der Waals surface area (Å²) in [6.45, 7) is 7.50. The third-order valence-electron chi connectivity index (χ3n) is 9.46. The van der Waals surface area contributed by atoms with E-state index in [0.29, 0.717) is 23.9 Å². The highest BCUT2D eigenvalue weighted by molar-refractivity contribution is 6.08. The van der Waals surface area contributed by atoms with Crippen molar-refractivity contribution in [3.63, 3.8) is 0 Å². The quantitative estimate of drug-likeness (QED) is 0.129. The summed E-state index contributed by atoms with van der Waals surface area (Å²) in [4.78, 5) is 9.85. The highest BCUT2D eigenvalue weighted by Crippen LogP contribution is 2.53. The fourth-order valence-corrected chi connectivity index (χ4v) is 6.95. The Morgan fingerprint density at radius 3 is 1.98 bits per heavy atom. The number of fused-ring (bicyclic) bond motifs is 5. The minimum atomic E-state index is -0.146. The first-order valence-electron chi connectivity index (χ1n) is 17.0. The van der Waals surface area contributed by atoms with Crippen molar-refractivity contribution >= 4 is 10.8 Å². The summed E-state index contributed by atoms with van der Waals surface area (Å²) in [5.41, 5.74) is 7.56. The Hall–Kier alpha value is -4.18. The lowest BCUT2D eigenvalue weighted by Gasteiger charge is -2.23. The van der Waals surface area contributed by atoms with Crippen LogP contribution in [-0.2, 0) is 5.41 Å². The molecule has 5 aromatic rings. The number of aromatic nitrogens is 2. The van der Waals surface area contributed by atoms with Gasteiger partial charge in [0.1, 0.15) is 5.75 Å². The molecule has 4 nitrogen and oxygen atoms in total. The fraction of sp³-hybridized carbons (Fsp3) is 0.366.